The van der Waals surface area contributed by atoms with Crippen molar-refractivity contribution in [1.82, 2.24) is 14.1 Å². The molecule has 0 spiro atoms. The van der Waals surface area contributed by atoms with E-state index in [0.29, 0.717) is 6.54 Å². The monoisotopic (exact) mass is 319 g/mol. The van der Waals surface area contributed by atoms with Gasteiger partial charge >= 0.3 is 0 Å². The van der Waals surface area contributed by atoms with Crippen LogP contribution in [0.15, 0.2) is 0 Å². The Labute approximate surface area is 124 Å². The summed E-state index contributed by atoms with van der Waals surface area (Å²) in [6.45, 7) is 1.94. The van der Waals surface area contributed by atoms with Crippen LogP contribution < -0.4 is 0 Å². The van der Waals surface area contributed by atoms with Gasteiger partial charge in [-0.25, -0.2) is 8.42 Å². The van der Waals surface area contributed by atoms with Gasteiger partial charge in [-0.3, -0.25) is 9.59 Å². The average Bonchev–Trinajstić information content (AvgIpc) is 2.74. The van der Waals surface area contributed by atoms with E-state index in [9.17, 15) is 18.0 Å². The van der Waals surface area contributed by atoms with Crippen LogP contribution in [0, 0.1) is 0 Å². The number of likely N-dealkylation sites (N-methyl/N-ethyl adjacent to an activating group) is 1. The van der Waals surface area contributed by atoms with E-state index >= 15 is 0 Å². The molecule has 9 heteroatoms. The topological polar surface area (TPSA) is 87.2 Å². The summed E-state index contributed by atoms with van der Waals surface area (Å²) < 4.78 is 31.5. The third-order valence-corrected chi connectivity index (χ3v) is 5.67. The summed E-state index contributed by atoms with van der Waals surface area (Å²) in [5.41, 5.74) is 0. The second-order valence-electron chi connectivity index (χ2n) is 5.55. The standard InChI is InChI=1S/C12H21N3O5S/c1-9(16)14-6-10-11(7-14)20-4-5-21(18,19)15(10)8-12(17)13(2)3/h10-11H,4-8H2,1-3H3/t10-,11+/m1/s1. The smallest absolute Gasteiger partial charge is 0.237 e. The molecule has 0 N–H and O–H groups in total. The highest BCUT2D eigenvalue weighted by Crippen LogP contribution is 2.25. The van der Waals surface area contributed by atoms with Gasteiger partial charge < -0.3 is 14.5 Å². The Hall–Kier alpha value is -1.19. The first kappa shape index (κ1) is 16.2. The molecular weight excluding hydrogens is 298 g/mol. The van der Waals surface area contributed by atoms with Crippen LogP contribution in [0.4, 0.5) is 0 Å². The molecule has 0 aromatic carbocycles. The van der Waals surface area contributed by atoms with Gasteiger partial charge in [-0.2, -0.15) is 4.31 Å². The molecule has 2 rings (SSSR count). The molecule has 2 aliphatic heterocycles. The molecule has 2 atom stereocenters. The van der Waals surface area contributed by atoms with Gasteiger partial charge in [0.15, 0.2) is 0 Å². The Morgan fingerprint density at radius 2 is 1.95 bits per heavy atom. The second kappa shape index (κ2) is 5.90. The number of sulfonamides is 1. The Bertz CT molecular complexity index is 533. The van der Waals surface area contributed by atoms with Gasteiger partial charge in [0.05, 0.1) is 31.1 Å². The average molecular weight is 319 g/mol. The highest BCUT2D eigenvalue weighted by atomic mass is 32.2. The van der Waals surface area contributed by atoms with Crippen molar-refractivity contribution in [3.05, 3.63) is 0 Å². The molecule has 8 nitrogen and oxygen atoms in total. The highest BCUT2D eigenvalue weighted by Gasteiger charge is 2.45. The van der Waals surface area contributed by atoms with E-state index < -0.39 is 16.1 Å². The Kier molecular flexibility index (Phi) is 4.54. The molecule has 0 aromatic rings. The SMILES string of the molecule is CC(=O)N1C[C@@H]2OCCS(=O)(=O)N(CC(=O)N(C)C)[C@@H]2C1. The van der Waals surface area contributed by atoms with E-state index in [4.69, 9.17) is 4.74 Å². The van der Waals surface area contributed by atoms with Gasteiger partial charge in [-0.05, 0) is 0 Å². The number of nitrogens with zero attached hydrogens (tertiary/aromatic N) is 3. The summed E-state index contributed by atoms with van der Waals surface area (Å²) in [5.74, 6) is -0.552. The maximum atomic E-state index is 12.4. The number of fused-ring (bicyclic) bond motifs is 1. The predicted molar refractivity (Wildman–Crippen MR) is 75.0 cm³/mol. The minimum atomic E-state index is -3.57. The van der Waals surface area contributed by atoms with Crippen molar-refractivity contribution in [2.45, 2.75) is 19.1 Å². The quantitative estimate of drug-likeness (QED) is 0.608. The van der Waals surface area contributed by atoms with E-state index in [0.717, 1.165) is 0 Å². The predicted octanol–water partition coefficient (Wildman–Crippen LogP) is -1.66. The normalized spacial score (nSPS) is 28.8. The summed E-state index contributed by atoms with van der Waals surface area (Å²) in [6, 6.07) is -0.495. The molecular formula is C12H21N3O5S. The number of ether oxygens (including phenoxy) is 1. The second-order valence-corrected chi connectivity index (χ2v) is 7.59. The van der Waals surface area contributed by atoms with Gasteiger partial charge in [0, 0.05) is 34.1 Å². The number of carbonyl (C=O) groups is 2. The lowest BCUT2D eigenvalue weighted by molar-refractivity contribution is -0.129. The fraction of sp³-hybridized carbons (Fsp3) is 0.833. The summed E-state index contributed by atoms with van der Waals surface area (Å²) in [5, 5.41) is 0. The van der Waals surface area contributed by atoms with Gasteiger partial charge in [-0.1, -0.05) is 0 Å². The number of amides is 2. The third kappa shape index (κ3) is 3.35. The van der Waals surface area contributed by atoms with Crippen molar-refractivity contribution >= 4 is 21.8 Å². The molecule has 0 radical (unpaired) electrons. The molecule has 0 aliphatic carbocycles. The summed E-state index contributed by atoms with van der Waals surface area (Å²) in [4.78, 5) is 26.3. The van der Waals surface area contributed by atoms with Crippen molar-refractivity contribution in [3.63, 3.8) is 0 Å². The van der Waals surface area contributed by atoms with E-state index in [1.807, 2.05) is 0 Å². The zero-order valence-electron chi connectivity index (χ0n) is 12.5. The molecule has 0 aromatic heterocycles. The summed E-state index contributed by atoms with van der Waals surface area (Å²) in [6.07, 6.45) is -0.374. The fourth-order valence-electron chi connectivity index (χ4n) is 2.57. The van der Waals surface area contributed by atoms with Crippen LogP contribution in [0.1, 0.15) is 6.92 Å². The highest BCUT2D eigenvalue weighted by molar-refractivity contribution is 7.89. The van der Waals surface area contributed by atoms with Crippen LogP contribution in [0.3, 0.4) is 0 Å². The molecule has 2 fully saturated rings. The lowest BCUT2D eigenvalue weighted by Crippen LogP contribution is -2.50. The molecule has 0 saturated carbocycles. The lowest BCUT2D eigenvalue weighted by Gasteiger charge is -2.28. The summed E-state index contributed by atoms with van der Waals surface area (Å²) in [7, 11) is -0.408. The van der Waals surface area contributed by atoms with Crippen LogP contribution in [0.25, 0.3) is 0 Å². The van der Waals surface area contributed by atoms with Crippen LogP contribution in [0.2, 0.25) is 0 Å². The van der Waals surface area contributed by atoms with Gasteiger partial charge in [-0.15, -0.1) is 0 Å². The van der Waals surface area contributed by atoms with Crippen LogP contribution in [-0.4, -0.2) is 92.6 Å². The van der Waals surface area contributed by atoms with Crippen LogP contribution in [-0.2, 0) is 24.3 Å². The van der Waals surface area contributed by atoms with Crippen molar-refractivity contribution in [1.29, 1.82) is 0 Å². The zero-order chi connectivity index (χ0) is 15.8. The molecule has 120 valence electrons. The molecule has 2 heterocycles. The van der Waals surface area contributed by atoms with Gasteiger partial charge in [0.1, 0.15) is 0 Å². The van der Waals surface area contributed by atoms with E-state index in [1.54, 1.807) is 19.0 Å². The third-order valence-electron chi connectivity index (χ3n) is 3.87. The Balaban J connectivity index is 2.26. The Morgan fingerprint density at radius 3 is 2.52 bits per heavy atom. The number of rotatable bonds is 2. The molecule has 2 saturated heterocycles. The van der Waals surface area contributed by atoms with Crippen molar-refractivity contribution < 1.29 is 22.7 Å². The Morgan fingerprint density at radius 1 is 1.29 bits per heavy atom. The first-order chi connectivity index (χ1) is 9.72. The minimum absolute atomic E-state index is 0.0852. The van der Waals surface area contributed by atoms with E-state index in [1.165, 1.54) is 16.1 Å². The number of hydrogen-bond donors (Lipinski definition) is 0. The molecule has 2 amide bonds. The molecule has 0 unspecified atom stereocenters. The van der Waals surface area contributed by atoms with Gasteiger partial charge in [0.25, 0.3) is 0 Å². The maximum absolute atomic E-state index is 12.4. The fourth-order valence-corrected chi connectivity index (χ4v) is 4.04. The van der Waals surface area contributed by atoms with E-state index in [-0.39, 0.29) is 43.4 Å². The minimum Gasteiger partial charge on any atom is -0.374 e. The van der Waals surface area contributed by atoms with Crippen molar-refractivity contribution in [2.24, 2.45) is 0 Å². The van der Waals surface area contributed by atoms with Crippen molar-refractivity contribution in [2.75, 3.05) is 46.1 Å². The molecule has 2 aliphatic rings. The van der Waals surface area contributed by atoms with Crippen molar-refractivity contribution in [3.8, 4) is 0 Å². The van der Waals surface area contributed by atoms with E-state index in [2.05, 4.69) is 0 Å². The first-order valence-corrected chi connectivity index (χ1v) is 8.40. The number of hydrogen-bond acceptors (Lipinski definition) is 5. The number of likely N-dealkylation sites (tertiary alicyclic amines) is 1. The van der Waals surface area contributed by atoms with Crippen LogP contribution in [0.5, 0.6) is 0 Å². The lowest BCUT2D eigenvalue weighted by atomic mass is 10.2. The molecule has 0 bridgehead atoms. The maximum Gasteiger partial charge on any atom is 0.237 e. The zero-order valence-corrected chi connectivity index (χ0v) is 13.3. The first-order valence-electron chi connectivity index (χ1n) is 6.79. The van der Waals surface area contributed by atoms with Gasteiger partial charge in [0.2, 0.25) is 21.8 Å². The largest absolute Gasteiger partial charge is 0.374 e. The molecule has 21 heavy (non-hydrogen) atoms. The van der Waals surface area contributed by atoms with Crippen LogP contribution >= 0.6 is 0 Å². The summed E-state index contributed by atoms with van der Waals surface area (Å²) >= 11 is 0. The number of carbonyl (C=O) groups excluding carboxylic acids is 2.